The highest BCUT2D eigenvalue weighted by molar-refractivity contribution is 7.80. The van der Waals surface area contributed by atoms with Crippen molar-refractivity contribution in [1.82, 2.24) is 9.97 Å². The Hall–Kier alpha value is -1.49. The van der Waals surface area contributed by atoms with Crippen LogP contribution in [0.1, 0.15) is 0 Å². The molecule has 0 aliphatic carbocycles. The van der Waals surface area contributed by atoms with Crippen molar-refractivity contribution in [2.75, 3.05) is 0 Å². The second-order valence-electron chi connectivity index (χ2n) is 2.61. The fourth-order valence-electron chi connectivity index (χ4n) is 1.18. The third kappa shape index (κ3) is 1.27. The second kappa shape index (κ2) is 2.77. The van der Waals surface area contributed by atoms with E-state index < -0.39 is 11.2 Å². The molecule has 0 saturated heterocycles. The Balaban J connectivity index is 3.12. The van der Waals surface area contributed by atoms with Gasteiger partial charge in [0, 0.05) is 4.90 Å². The van der Waals surface area contributed by atoms with E-state index in [1.165, 1.54) is 0 Å². The summed E-state index contributed by atoms with van der Waals surface area (Å²) in [5, 5.41) is 0.437. The minimum absolute atomic E-state index is 0.394. The highest BCUT2D eigenvalue weighted by Crippen LogP contribution is 2.14. The number of aromatic amines is 2. The third-order valence-electron chi connectivity index (χ3n) is 1.75. The van der Waals surface area contributed by atoms with E-state index >= 15 is 0 Å². The molecule has 0 amide bonds. The van der Waals surface area contributed by atoms with E-state index in [-0.39, 0.29) is 0 Å². The predicted octanol–water partition coefficient (Wildman–Crippen LogP) is 0.505. The van der Waals surface area contributed by atoms with Gasteiger partial charge in [0.15, 0.2) is 0 Å². The van der Waals surface area contributed by atoms with Crippen LogP contribution in [0.5, 0.6) is 0 Å². The lowest BCUT2D eigenvalue weighted by molar-refractivity contribution is 1.07. The summed E-state index contributed by atoms with van der Waals surface area (Å²) in [6, 6.07) is 5.04. The largest absolute Gasteiger partial charge is 0.326 e. The fraction of sp³-hybridized carbons (Fsp3) is 0. The zero-order chi connectivity index (χ0) is 9.42. The topological polar surface area (TPSA) is 65.7 Å². The lowest BCUT2D eigenvalue weighted by Crippen LogP contribution is -2.21. The Labute approximate surface area is 78.0 Å². The Bertz CT molecular complexity index is 570. The van der Waals surface area contributed by atoms with Gasteiger partial charge in [-0.25, -0.2) is 4.79 Å². The molecule has 1 heterocycles. The molecule has 0 atom stereocenters. The van der Waals surface area contributed by atoms with Crippen molar-refractivity contribution >= 4 is 23.5 Å². The number of thiol groups is 1. The van der Waals surface area contributed by atoms with E-state index in [2.05, 4.69) is 22.6 Å². The van der Waals surface area contributed by atoms with Crippen LogP contribution >= 0.6 is 12.6 Å². The number of rotatable bonds is 0. The molecule has 5 heteroatoms. The average Bonchev–Trinajstić information content (AvgIpc) is 2.07. The number of fused-ring (bicyclic) bond motifs is 1. The first kappa shape index (κ1) is 8.12. The lowest BCUT2D eigenvalue weighted by atomic mass is 10.2. The van der Waals surface area contributed by atoms with Gasteiger partial charge < -0.3 is 4.98 Å². The standard InChI is InChI=1S/C8H6N2O2S/c11-7-4-2-1-3-5(13)6(4)9-8(12)10-7/h1-3,13H,(H2,9,10,11,12). The average molecular weight is 194 g/mol. The molecule has 0 bridgehead atoms. The van der Waals surface area contributed by atoms with E-state index in [1.807, 2.05) is 0 Å². The molecule has 1 aromatic heterocycles. The maximum Gasteiger partial charge on any atom is 0.326 e. The first-order valence-electron chi connectivity index (χ1n) is 3.63. The molecular formula is C8H6N2O2S. The molecule has 0 fully saturated rings. The normalized spacial score (nSPS) is 10.5. The van der Waals surface area contributed by atoms with Gasteiger partial charge in [-0.15, -0.1) is 12.6 Å². The predicted molar refractivity (Wildman–Crippen MR) is 52.4 cm³/mol. The number of H-pyrrole nitrogens is 2. The van der Waals surface area contributed by atoms with Crippen LogP contribution in [-0.2, 0) is 0 Å². The Morgan fingerprint density at radius 2 is 1.92 bits per heavy atom. The van der Waals surface area contributed by atoms with Gasteiger partial charge >= 0.3 is 5.69 Å². The summed E-state index contributed by atoms with van der Waals surface area (Å²) in [4.78, 5) is 27.4. The molecule has 2 aromatic rings. The number of para-hydroxylation sites is 1. The molecule has 13 heavy (non-hydrogen) atoms. The molecule has 0 spiro atoms. The van der Waals surface area contributed by atoms with E-state index in [0.29, 0.717) is 15.8 Å². The van der Waals surface area contributed by atoms with Crippen molar-refractivity contribution in [2.45, 2.75) is 4.90 Å². The van der Waals surface area contributed by atoms with E-state index in [0.717, 1.165) is 0 Å². The van der Waals surface area contributed by atoms with Crippen LogP contribution in [0.25, 0.3) is 10.9 Å². The Kier molecular flexibility index (Phi) is 1.73. The van der Waals surface area contributed by atoms with Crippen molar-refractivity contribution in [3.8, 4) is 0 Å². The van der Waals surface area contributed by atoms with E-state index in [9.17, 15) is 9.59 Å². The number of aromatic nitrogens is 2. The summed E-state index contributed by atoms with van der Waals surface area (Å²) < 4.78 is 0. The van der Waals surface area contributed by atoms with Gasteiger partial charge in [0.05, 0.1) is 10.9 Å². The summed E-state index contributed by atoms with van der Waals surface area (Å²) in [5.41, 5.74) is -0.437. The molecule has 0 aliphatic heterocycles. The summed E-state index contributed by atoms with van der Waals surface area (Å²) in [6.07, 6.45) is 0. The summed E-state index contributed by atoms with van der Waals surface area (Å²) in [7, 11) is 0. The Morgan fingerprint density at radius 3 is 2.69 bits per heavy atom. The van der Waals surface area contributed by atoms with Gasteiger partial charge in [-0.1, -0.05) is 6.07 Å². The van der Waals surface area contributed by atoms with Gasteiger partial charge in [0.1, 0.15) is 0 Å². The van der Waals surface area contributed by atoms with Crippen LogP contribution in [0.4, 0.5) is 0 Å². The molecule has 0 saturated carbocycles. The summed E-state index contributed by atoms with van der Waals surface area (Å²) in [5.74, 6) is 0. The summed E-state index contributed by atoms with van der Waals surface area (Å²) >= 11 is 4.12. The molecule has 2 N–H and O–H groups in total. The van der Waals surface area contributed by atoms with Crippen LogP contribution in [-0.4, -0.2) is 9.97 Å². The van der Waals surface area contributed by atoms with Gasteiger partial charge in [-0.3, -0.25) is 9.78 Å². The Morgan fingerprint density at radius 1 is 1.15 bits per heavy atom. The molecule has 0 radical (unpaired) electrons. The third-order valence-corrected chi connectivity index (χ3v) is 2.13. The maximum atomic E-state index is 11.2. The van der Waals surface area contributed by atoms with Crippen LogP contribution < -0.4 is 11.2 Å². The second-order valence-corrected chi connectivity index (χ2v) is 3.09. The van der Waals surface area contributed by atoms with Gasteiger partial charge in [-0.2, -0.15) is 0 Å². The summed E-state index contributed by atoms with van der Waals surface area (Å²) in [6.45, 7) is 0. The number of nitrogens with one attached hydrogen (secondary N) is 2. The van der Waals surface area contributed by atoms with Gasteiger partial charge in [0.2, 0.25) is 0 Å². The van der Waals surface area contributed by atoms with Crippen molar-refractivity contribution in [2.24, 2.45) is 0 Å². The number of hydrogen-bond donors (Lipinski definition) is 3. The van der Waals surface area contributed by atoms with Crippen LogP contribution in [0.15, 0.2) is 32.7 Å². The molecule has 4 nitrogen and oxygen atoms in total. The van der Waals surface area contributed by atoms with Crippen molar-refractivity contribution in [1.29, 1.82) is 0 Å². The molecule has 0 aliphatic rings. The van der Waals surface area contributed by atoms with Crippen LogP contribution in [0.3, 0.4) is 0 Å². The minimum Gasteiger partial charge on any atom is -0.306 e. The van der Waals surface area contributed by atoms with Crippen molar-refractivity contribution < 1.29 is 0 Å². The molecular weight excluding hydrogens is 188 g/mol. The number of benzene rings is 1. The monoisotopic (exact) mass is 194 g/mol. The zero-order valence-corrected chi connectivity index (χ0v) is 7.39. The molecule has 2 rings (SSSR count). The lowest BCUT2D eigenvalue weighted by Gasteiger charge is -1.97. The smallest absolute Gasteiger partial charge is 0.306 e. The van der Waals surface area contributed by atoms with Crippen LogP contribution in [0, 0.1) is 0 Å². The first-order valence-corrected chi connectivity index (χ1v) is 4.07. The van der Waals surface area contributed by atoms with Crippen LogP contribution in [0.2, 0.25) is 0 Å². The van der Waals surface area contributed by atoms with Crippen molar-refractivity contribution in [3.05, 3.63) is 39.0 Å². The molecule has 1 aromatic carbocycles. The number of hydrogen-bond acceptors (Lipinski definition) is 3. The molecule has 0 unspecified atom stereocenters. The maximum absolute atomic E-state index is 11.2. The minimum atomic E-state index is -0.515. The SMILES string of the molecule is O=c1[nH]c(=O)c2cccc(S)c2[nH]1. The van der Waals surface area contributed by atoms with Crippen molar-refractivity contribution in [3.63, 3.8) is 0 Å². The highest BCUT2D eigenvalue weighted by Gasteiger charge is 2.01. The fourth-order valence-corrected chi connectivity index (χ4v) is 1.44. The quantitative estimate of drug-likeness (QED) is 0.535. The highest BCUT2D eigenvalue weighted by atomic mass is 32.1. The molecule has 66 valence electrons. The zero-order valence-electron chi connectivity index (χ0n) is 6.50. The van der Waals surface area contributed by atoms with E-state index in [1.54, 1.807) is 18.2 Å². The van der Waals surface area contributed by atoms with Gasteiger partial charge in [-0.05, 0) is 12.1 Å². The van der Waals surface area contributed by atoms with Gasteiger partial charge in [0.25, 0.3) is 5.56 Å². The van der Waals surface area contributed by atoms with E-state index in [4.69, 9.17) is 0 Å². The first-order chi connectivity index (χ1) is 6.18.